The van der Waals surface area contributed by atoms with Crippen LogP contribution in [0.25, 0.3) is 0 Å². The average Bonchev–Trinajstić information content (AvgIpc) is 2.63. The summed E-state index contributed by atoms with van der Waals surface area (Å²) >= 11 is 0. The van der Waals surface area contributed by atoms with Gasteiger partial charge in [0.1, 0.15) is 0 Å². The zero-order chi connectivity index (χ0) is 18.1. The molecule has 0 amide bonds. The first-order chi connectivity index (χ1) is 12.1. The van der Waals surface area contributed by atoms with Crippen LogP contribution in [0.15, 0.2) is 60.7 Å². The molecule has 2 unspecified atom stereocenters. The van der Waals surface area contributed by atoms with Crippen molar-refractivity contribution in [2.45, 2.75) is 32.1 Å². The van der Waals surface area contributed by atoms with E-state index in [1.54, 1.807) is 6.92 Å². The van der Waals surface area contributed by atoms with Crippen molar-refractivity contribution in [3.05, 3.63) is 71.8 Å². The highest BCUT2D eigenvalue weighted by Crippen LogP contribution is 2.28. The van der Waals surface area contributed by atoms with E-state index in [1.165, 1.54) is 0 Å². The Labute approximate surface area is 148 Å². The minimum Gasteiger partial charge on any atom is -0.481 e. The van der Waals surface area contributed by atoms with Crippen molar-refractivity contribution in [3.63, 3.8) is 0 Å². The number of aryl methyl sites for hydroxylation is 1. The number of hydrogen-bond acceptors (Lipinski definition) is 3. The molecule has 0 saturated carbocycles. The maximum atomic E-state index is 12.4. The van der Waals surface area contributed by atoms with Crippen molar-refractivity contribution < 1.29 is 19.4 Å². The minimum absolute atomic E-state index is 0.241. The summed E-state index contributed by atoms with van der Waals surface area (Å²) in [5.41, 5.74) is 1.90. The number of rotatable bonds is 9. The Balaban J connectivity index is 2.12. The van der Waals surface area contributed by atoms with Crippen LogP contribution >= 0.6 is 0 Å². The lowest BCUT2D eigenvalue weighted by molar-refractivity contribution is -0.147. The van der Waals surface area contributed by atoms with E-state index in [1.807, 2.05) is 60.7 Å². The van der Waals surface area contributed by atoms with Crippen molar-refractivity contribution in [2.24, 2.45) is 5.92 Å². The molecule has 0 radical (unpaired) electrons. The molecule has 0 aliphatic rings. The van der Waals surface area contributed by atoms with E-state index in [0.29, 0.717) is 12.8 Å². The Morgan fingerprint density at radius 1 is 1.00 bits per heavy atom. The third kappa shape index (κ3) is 5.75. The summed E-state index contributed by atoms with van der Waals surface area (Å²) in [6, 6.07) is 19.0. The molecule has 2 aromatic rings. The predicted octanol–water partition coefficient (Wildman–Crippen LogP) is 4.06. The van der Waals surface area contributed by atoms with Gasteiger partial charge in [-0.05, 0) is 37.3 Å². The van der Waals surface area contributed by atoms with Crippen molar-refractivity contribution >= 4 is 11.9 Å². The molecule has 0 saturated heterocycles. The zero-order valence-corrected chi connectivity index (χ0v) is 14.4. The third-order valence-corrected chi connectivity index (χ3v) is 4.27. The van der Waals surface area contributed by atoms with Gasteiger partial charge in [-0.3, -0.25) is 9.59 Å². The second-order valence-corrected chi connectivity index (χ2v) is 6.01. The molecule has 0 spiro atoms. The van der Waals surface area contributed by atoms with Gasteiger partial charge in [-0.2, -0.15) is 0 Å². The molecule has 0 heterocycles. The van der Waals surface area contributed by atoms with Gasteiger partial charge >= 0.3 is 11.9 Å². The molecule has 2 atom stereocenters. The molecule has 2 aromatic carbocycles. The summed E-state index contributed by atoms with van der Waals surface area (Å²) in [6.45, 7) is 2.04. The molecule has 4 heteroatoms. The summed E-state index contributed by atoms with van der Waals surface area (Å²) in [6.07, 6.45) is 1.40. The van der Waals surface area contributed by atoms with Crippen molar-refractivity contribution in [1.29, 1.82) is 0 Å². The molecule has 25 heavy (non-hydrogen) atoms. The highest BCUT2D eigenvalue weighted by molar-refractivity contribution is 5.79. The Bertz CT molecular complexity index is 667. The van der Waals surface area contributed by atoms with Gasteiger partial charge in [0.25, 0.3) is 0 Å². The molecular weight excluding hydrogens is 316 g/mol. The van der Waals surface area contributed by atoms with Crippen LogP contribution in [-0.2, 0) is 20.7 Å². The summed E-state index contributed by atoms with van der Waals surface area (Å²) in [5.74, 6) is -2.39. The first kappa shape index (κ1) is 18.7. The average molecular weight is 340 g/mol. The van der Waals surface area contributed by atoms with Crippen LogP contribution < -0.4 is 0 Å². The lowest BCUT2D eigenvalue weighted by Gasteiger charge is -2.20. The molecular formula is C21H24O4. The number of ether oxygens (including phenoxy) is 1. The van der Waals surface area contributed by atoms with Gasteiger partial charge in [0.2, 0.25) is 0 Å². The molecule has 0 aliphatic heterocycles. The summed E-state index contributed by atoms with van der Waals surface area (Å²) in [4.78, 5) is 24.1. The quantitative estimate of drug-likeness (QED) is 0.699. The van der Waals surface area contributed by atoms with Gasteiger partial charge in [0.15, 0.2) is 0 Å². The second kappa shape index (κ2) is 9.62. The fraction of sp³-hybridized carbons (Fsp3) is 0.333. The number of carbonyl (C=O) groups is 2. The number of carboxylic acids is 1. The number of carbonyl (C=O) groups excluding carboxylic acids is 1. The zero-order valence-electron chi connectivity index (χ0n) is 14.4. The Morgan fingerprint density at radius 3 is 2.16 bits per heavy atom. The van der Waals surface area contributed by atoms with E-state index in [2.05, 4.69) is 0 Å². The van der Waals surface area contributed by atoms with E-state index in [9.17, 15) is 14.7 Å². The minimum atomic E-state index is -0.874. The third-order valence-electron chi connectivity index (χ3n) is 4.27. The number of esters is 1. The summed E-state index contributed by atoms with van der Waals surface area (Å²) < 4.78 is 5.17. The summed E-state index contributed by atoms with van der Waals surface area (Å²) in [7, 11) is 0. The summed E-state index contributed by atoms with van der Waals surface area (Å²) in [5, 5.41) is 9.61. The SMILES string of the molecule is CCOC(=O)C(CC(CCc1ccccc1)C(=O)O)c1ccccc1. The van der Waals surface area contributed by atoms with Crippen LogP contribution in [0.4, 0.5) is 0 Å². The van der Waals surface area contributed by atoms with Crippen molar-refractivity contribution in [2.75, 3.05) is 6.61 Å². The van der Waals surface area contributed by atoms with Gasteiger partial charge in [0, 0.05) is 0 Å². The highest BCUT2D eigenvalue weighted by atomic mass is 16.5. The van der Waals surface area contributed by atoms with Crippen molar-refractivity contribution in [1.82, 2.24) is 0 Å². The van der Waals surface area contributed by atoms with Crippen LogP contribution in [0, 0.1) is 5.92 Å². The number of aliphatic carboxylic acids is 1. The van der Waals surface area contributed by atoms with E-state index in [-0.39, 0.29) is 19.0 Å². The lowest BCUT2D eigenvalue weighted by Crippen LogP contribution is -2.24. The fourth-order valence-electron chi connectivity index (χ4n) is 2.91. The molecule has 0 bridgehead atoms. The van der Waals surface area contributed by atoms with Crippen LogP contribution in [0.2, 0.25) is 0 Å². The largest absolute Gasteiger partial charge is 0.481 e. The smallest absolute Gasteiger partial charge is 0.313 e. The molecule has 132 valence electrons. The van der Waals surface area contributed by atoms with E-state index in [0.717, 1.165) is 11.1 Å². The lowest BCUT2D eigenvalue weighted by atomic mass is 9.86. The van der Waals surface area contributed by atoms with E-state index < -0.39 is 17.8 Å². The van der Waals surface area contributed by atoms with Crippen molar-refractivity contribution in [3.8, 4) is 0 Å². The molecule has 0 fully saturated rings. The van der Waals surface area contributed by atoms with Crippen LogP contribution in [0.1, 0.15) is 36.8 Å². The number of carboxylic acid groups (broad SMARTS) is 1. The fourth-order valence-corrected chi connectivity index (χ4v) is 2.91. The second-order valence-electron chi connectivity index (χ2n) is 6.01. The predicted molar refractivity (Wildman–Crippen MR) is 96.3 cm³/mol. The standard InChI is InChI=1S/C21H24O4/c1-2-25-21(24)19(17-11-7-4-8-12-17)15-18(20(22)23)14-13-16-9-5-3-6-10-16/h3-12,18-19H,2,13-15H2,1H3,(H,22,23). The molecule has 4 nitrogen and oxygen atoms in total. The van der Waals surface area contributed by atoms with E-state index >= 15 is 0 Å². The Morgan fingerprint density at radius 2 is 1.60 bits per heavy atom. The van der Waals surface area contributed by atoms with Gasteiger partial charge in [-0.25, -0.2) is 0 Å². The van der Waals surface area contributed by atoms with Crippen LogP contribution in [-0.4, -0.2) is 23.7 Å². The Hall–Kier alpha value is -2.62. The maximum Gasteiger partial charge on any atom is 0.313 e. The van der Waals surface area contributed by atoms with Crippen LogP contribution in [0.3, 0.4) is 0 Å². The highest BCUT2D eigenvalue weighted by Gasteiger charge is 2.29. The molecule has 2 rings (SSSR count). The van der Waals surface area contributed by atoms with E-state index in [4.69, 9.17) is 4.74 Å². The first-order valence-corrected chi connectivity index (χ1v) is 8.60. The normalized spacial score (nSPS) is 13.0. The van der Waals surface area contributed by atoms with Gasteiger partial charge in [-0.1, -0.05) is 60.7 Å². The maximum absolute atomic E-state index is 12.4. The van der Waals surface area contributed by atoms with Gasteiger partial charge in [0.05, 0.1) is 18.4 Å². The topological polar surface area (TPSA) is 63.6 Å². The molecule has 0 aromatic heterocycles. The van der Waals surface area contributed by atoms with Gasteiger partial charge < -0.3 is 9.84 Å². The molecule has 1 N–H and O–H groups in total. The van der Waals surface area contributed by atoms with Crippen LogP contribution in [0.5, 0.6) is 0 Å². The first-order valence-electron chi connectivity index (χ1n) is 8.60. The number of benzene rings is 2. The molecule has 0 aliphatic carbocycles. The Kier molecular flexibility index (Phi) is 7.20. The van der Waals surface area contributed by atoms with Gasteiger partial charge in [-0.15, -0.1) is 0 Å². The number of hydrogen-bond donors (Lipinski definition) is 1. The monoisotopic (exact) mass is 340 g/mol.